The first kappa shape index (κ1) is 22.5. The van der Waals surface area contributed by atoms with Gasteiger partial charge in [-0.2, -0.15) is 0 Å². The fourth-order valence-electron chi connectivity index (χ4n) is 3.18. The molecule has 3 nitrogen and oxygen atoms in total. The van der Waals surface area contributed by atoms with E-state index in [0.29, 0.717) is 12.2 Å². The van der Waals surface area contributed by atoms with Crippen molar-refractivity contribution in [1.82, 2.24) is 0 Å². The minimum absolute atomic E-state index is 0.584. The van der Waals surface area contributed by atoms with E-state index in [1.165, 1.54) is 64.2 Å². The third-order valence-corrected chi connectivity index (χ3v) is 4.89. The van der Waals surface area contributed by atoms with Crippen LogP contribution >= 0.6 is 0 Å². The predicted molar refractivity (Wildman–Crippen MR) is 109 cm³/mol. The smallest absolute Gasteiger partial charge is 0.344 e. The van der Waals surface area contributed by atoms with E-state index in [9.17, 15) is 9.90 Å². The molecule has 1 rings (SSSR count). The number of hydrogen-bond acceptors (Lipinski definition) is 2. The first-order valence-corrected chi connectivity index (χ1v) is 10.6. The summed E-state index contributed by atoms with van der Waals surface area (Å²) in [4.78, 5) is 11.4. The molecule has 0 aliphatic heterocycles. The topological polar surface area (TPSA) is 46.5 Å². The fourth-order valence-corrected chi connectivity index (χ4v) is 3.18. The standard InChI is InChI=1S/C23H38O3/c1-3-4-5-6-7-8-9-10-11-12-13-14-15-22(23(24)25)26-21-18-16-20(2)17-19-21/h16-19,22H,3-15H2,1-2H3,(H,24,25). The molecule has 0 spiro atoms. The van der Waals surface area contributed by atoms with Crippen LogP contribution in [0.2, 0.25) is 0 Å². The van der Waals surface area contributed by atoms with Gasteiger partial charge in [0.2, 0.25) is 0 Å². The number of benzene rings is 1. The summed E-state index contributed by atoms with van der Waals surface area (Å²) in [5.41, 5.74) is 1.14. The van der Waals surface area contributed by atoms with E-state index >= 15 is 0 Å². The van der Waals surface area contributed by atoms with Crippen molar-refractivity contribution in [2.24, 2.45) is 0 Å². The SMILES string of the molecule is CCCCCCCCCCCCCCC(Oc1ccc(C)cc1)C(=O)O. The van der Waals surface area contributed by atoms with Crippen LogP contribution in [0.4, 0.5) is 0 Å². The third-order valence-electron chi connectivity index (χ3n) is 4.89. The minimum Gasteiger partial charge on any atom is -0.479 e. The number of aryl methyl sites for hydroxylation is 1. The Balaban J connectivity index is 2.03. The molecule has 26 heavy (non-hydrogen) atoms. The Kier molecular flexibility index (Phi) is 12.7. The van der Waals surface area contributed by atoms with Crippen LogP contribution in [0.3, 0.4) is 0 Å². The van der Waals surface area contributed by atoms with Crippen LogP contribution in [-0.2, 0) is 4.79 Å². The van der Waals surface area contributed by atoms with Gasteiger partial charge in [-0.25, -0.2) is 4.79 Å². The number of rotatable bonds is 16. The molecular weight excluding hydrogens is 324 g/mol. The first-order chi connectivity index (χ1) is 12.6. The average Bonchev–Trinajstić information content (AvgIpc) is 2.63. The summed E-state index contributed by atoms with van der Waals surface area (Å²) >= 11 is 0. The molecule has 3 heteroatoms. The van der Waals surface area contributed by atoms with Gasteiger partial charge in [-0.15, -0.1) is 0 Å². The largest absolute Gasteiger partial charge is 0.479 e. The Hall–Kier alpha value is -1.51. The van der Waals surface area contributed by atoms with Crippen molar-refractivity contribution in [1.29, 1.82) is 0 Å². The molecule has 1 aromatic rings. The Labute approximate surface area is 160 Å². The first-order valence-electron chi connectivity index (χ1n) is 10.6. The van der Waals surface area contributed by atoms with Crippen molar-refractivity contribution >= 4 is 5.97 Å². The van der Waals surface area contributed by atoms with Crippen molar-refractivity contribution in [3.8, 4) is 5.75 Å². The molecule has 1 aromatic carbocycles. The van der Waals surface area contributed by atoms with Crippen molar-refractivity contribution in [2.45, 2.75) is 103 Å². The fraction of sp³-hybridized carbons (Fsp3) is 0.696. The second-order valence-corrected chi connectivity index (χ2v) is 7.44. The number of carboxylic acids is 1. The maximum Gasteiger partial charge on any atom is 0.344 e. The molecular formula is C23H38O3. The van der Waals surface area contributed by atoms with Crippen LogP contribution in [0.1, 0.15) is 96.0 Å². The number of carbonyl (C=O) groups is 1. The molecule has 1 unspecified atom stereocenters. The number of ether oxygens (including phenoxy) is 1. The summed E-state index contributed by atoms with van der Waals surface area (Å²) in [6.45, 7) is 4.26. The highest BCUT2D eigenvalue weighted by Gasteiger charge is 2.18. The Morgan fingerprint density at radius 2 is 1.31 bits per heavy atom. The second kappa shape index (κ2) is 14.6. The molecule has 0 aromatic heterocycles. The average molecular weight is 363 g/mol. The molecule has 0 saturated carbocycles. The van der Waals surface area contributed by atoms with Gasteiger partial charge in [0.05, 0.1) is 0 Å². The molecule has 1 atom stereocenters. The zero-order chi connectivity index (χ0) is 19.0. The summed E-state index contributed by atoms with van der Waals surface area (Å²) in [7, 11) is 0. The van der Waals surface area contributed by atoms with Gasteiger partial charge < -0.3 is 9.84 Å². The highest BCUT2D eigenvalue weighted by atomic mass is 16.5. The lowest BCUT2D eigenvalue weighted by molar-refractivity contribution is -0.145. The molecule has 0 bridgehead atoms. The van der Waals surface area contributed by atoms with Crippen molar-refractivity contribution in [3.63, 3.8) is 0 Å². The summed E-state index contributed by atoms with van der Waals surface area (Å²) < 4.78 is 5.63. The summed E-state index contributed by atoms with van der Waals surface area (Å²) in [5, 5.41) is 9.34. The van der Waals surface area contributed by atoms with Crippen LogP contribution in [0.15, 0.2) is 24.3 Å². The molecule has 148 valence electrons. The van der Waals surface area contributed by atoms with E-state index in [0.717, 1.165) is 18.4 Å². The van der Waals surface area contributed by atoms with Crippen molar-refractivity contribution < 1.29 is 14.6 Å². The van der Waals surface area contributed by atoms with Crippen LogP contribution < -0.4 is 4.74 Å². The quantitative estimate of drug-likeness (QED) is 0.325. The van der Waals surface area contributed by atoms with Crippen molar-refractivity contribution in [2.75, 3.05) is 0 Å². The molecule has 0 amide bonds. The maximum atomic E-state index is 11.4. The molecule has 1 N–H and O–H groups in total. The van der Waals surface area contributed by atoms with Gasteiger partial charge in [-0.3, -0.25) is 0 Å². The van der Waals surface area contributed by atoms with Gasteiger partial charge in [0.1, 0.15) is 5.75 Å². The normalized spacial score (nSPS) is 12.1. The third kappa shape index (κ3) is 11.2. The highest BCUT2D eigenvalue weighted by molar-refractivity contribution is 5.72. The zero-order valence-corrected chi connectivity index (χ0v) is 16.8. The Morgan fingerprint density at radius 1 is 0.846 bits per heavy atom. The number of aliphatic carboxylic acids is 1. The van der Waals surface area contributed by atoms with Crippen LogP contribution in [0.25, 0.3) is 0 Å². The van der Waals surface area contributed by atoms with Crippen LogP contribution in [0, 0.1) is 6.92 Å². The minimum atomic E-state index is -0.867. The van der Waals surface area contributed by atoms with Gasteiger partial charge in [-0.05, 0) is 31.9 Å². The van der Waals surface area contributed by atoms with E-state index in [-0.39, 0.29) is 0 Å². The van der Waals surface area contributed by atoms with Gasteiger partial charge in [0.15, 0.2) is 6.10 Å². The monoisotopic (exact) mass is 362 g/mol. The van der Waals surface area contributed by atoms with Crippen LogP contribution in [-0.4, -0.2) is 17.2 Å². The lowest BCUT2D eigenvalue weighted by Crippen LogP contribution is -2.26. The molecule has 0 aliphatic carbocycles. The molecule has 0 aliphatic rings. The number of hydrogen-bond donors (Lipinski definition) is 1. The number of unbranched alkanes of at least 4 members (excludes halogenated alkanes) is 11. The summed E-state index contributed by atoms with van der Waals surface area (Å²) in [6, 6.07) is 7.57. The summed E-state index contributed by atoms with van der Waals surface area (Å²) in [6.07, 6.45) is 15.2. The van der Waals surface area contributed by atoms with Gasteiger partial charge in [0, 0.05) is 0 Å². The molecule has 0 radical (unpaired) electrons. The van der Waals surface area contributed by atoms with Gasteiger partial charge in [0.25, 0.3) is 0 Å². The van der Waals surface area contributed by atoms with Gasteiger partial charge >= 0.3 is 5.97 Å². The van der Waals surface area contributed by atoms with Crippen molar-refractivity contribution in [3.05, 3.63) is 29.8 Å². The van der Waals surface area contributed by atoms with E-state index < -0.39 is 12.1 Å². The van der Waals surface area contributed by atoms with Gasteiger partial charge in [-0.1, -0.05) is 95.2 Å². The lowest BCUT2D eigenvalue weighted by atomic mass is 10.0. The van der Waals surface area contributed by atoms with E-state index in [2.05, 4.69) is 6.92 Å². The maximum absolute atomic E-state index is 11.4. The van der Waals surface area contributed by atoms with E-state index in [4.69, 9.17) is 4.74 Å². The molecule has 0 saturated heterocycles. The summed E-state index contributed by atoms with van der Waals surface area (Å²) in [5.74, 6) is -0.226. The predicted octanol–water partition coefficient (Wildman–Crippen LogP) is 6.92. The molecule has 0 fully saturated rings. The molecule has 0 heterocycles. The second-order valence-electron chi connectivity index (χ2n) is 7.44. The lowest BCUT2D eigenvalue weighted by Gasteiger charge is -2.15. The zero-order valence-electron chi connectivity index (χ0n) is 16.8. The Bertz CT molecular complexity index is 467. The van der Waals surface area contributed by atoms with E-state index in [1.54, 1.807) is 0 Å². The van der Waals surface area contributed by atoms with Crippen LogP contribution in [0.5, 0.6) is 5.75 Å². The Morgan fingerprint density at radius 3 is 1.77 bits per heavy atom. The highest BCUT2D eigenvalue weighted by Crippen LogP contribution is 2.17. The number of carboxylic acid groups (broad SMARTS) is 1. The van der Waals surface area contributed by atoms with E-state index in [1.807, 2.05) is 31.2 Å².